The molecular weight excluding hydrogens is 352 g/mol. The third kappa shape index (κ3) is 4.13. The number of rotatable bonds is 5. The predicted octanol–water partition coefficient (Wildman–Crippen LogP) is 1.45. The van der Waals surface area contributed by atoms with Gasteiger partial charge in [0.1, 0.15) is 0 Å². The van der Waals surface area contributed by atoms with Crippen LogP contribution in [0.15, 0.2) is 41.8 Å². The summed E-state index contributed by atoms with van der Waals surface area (Å²) in [4.78, 5) is 16.4. The third-order valence-corrected chi connectivity index (χ3v) is 6.38. The molecule has 1 saturated heterocycles. The van der Waals surface area contributed by atoms with Crippen molar-refractivity contribution in [2.75, 3.05) is 13.1 Å². The number of nitrogens with zero attached hydrogens (tertiary/aromatic N) is 3. The summed E-state index contributed by atoms with van der Waals surface area (Å²) in [6.07, 6.45) is 4.29. The number of piperidine rings is 1. The number of imidazole rings is 1. The molecule has 1 atom stereocenters. The Hall–Kier alpha value is -2.19. The lowest BCUT2D eigenvalue weighted by Crippen LogP contribution is -2.45. The second-order valence-corrected chi connectivity index (χ2v) is 8.67. The number of nitrogens with one attached hydrogen (secondary N) is 1. The standard InChI is InChI=1S/C18H24N4O3S/c1-14-5-7-15(8-6-14)10-19-18(23)16-4-3-9-22(11-16)26(24,25)17-12-21(2)13-20-17/h5-8,12-13,16H,3-4,9-11H2,1-2H3,(H,19,23)/t16-/m0/s1. The minimum absolute atomic E-state index is 0.0284. The quantitative estimate of drug-likeness (QED) is 0.856. The minimum atomic E-state index is -3.66. The molecule has 26 heavy (non-hydrogen) atoms. The van der Waals surface area contributed by atoms with Crippen LogP contribution in [0.1, 0.15) is 24.0 Å². The molecule has 1 amide bonds. The normalized spacial score (nSPS) is 18.6. The van der Waals surface area contributed by atoms with Gasteiger partial charge in [0, 0.05) is 32.9 Å². The lowest BCUT2D eigenvalue weighted by atomic mass is 9.98. The van der Waals surface area contributed by atoms with E-state index in [-0.39, 0.29) is 23.4 Å². The van der Waals surface area contributed by atoms with Gasteiger partial charge in [-0.05, 0) is 25.3 Å². The van der Waals surface area contributed by atoms with E-state index in [1.807, 2.05) is 31.2 Å². The topological polar surface area (TPSA) is 84.3 Å². The van der Waals surface area contributed by atoms with Gasteiger partial charge in [0.15, 0.2) is 5.03 Å². The Morgan fingerprint density at radius 1 is 1.31 bits per heavy atom. The molecule has 3 rings (SSSR count). The first-order chi connectivity index (χ1) is 12.4. The Labute approximate surface area is 154 Å². The molecule has 1 fully saturated rings. The molecule has 0 radical (unpaired) electrons. The van der Waals surface area contributed by atoms with Gasteiger partial charge in [-0.25, -0.2) is 13.4 Å². The summed E-state index contributed by atoms with van der Waals surface area (Å²) in [5.41, 5.74) is 2.19. The molecule has 1 aliphatic heterocycles. The fraction of sp³-hybridized carbons (Fsp3) is 0.444. The van der Waals surface area contributed by atoms with Gasteiger partial charge in [0.05, 0.1) is 12.2 Å². The van der Waals surface area contributed by atoms with E-state index in [1.54, 1.807) is 11.6 Å². The van der Waals surface area contributed by atoms with Gasteiger partial charge in [0.25, 0.3) is 10.0 Å². The molecule has 7 nitrogen and oxygen atoms in total. The van der Waals surface area contributed by atoms with Crippen molar-refractivity contribution in [3.8, 4) is 0 Å². The van der Waals surface area contributed by atoms with Crippen LogP contribution in [-0.4, -0.2) is 41.3 Å². The van der Waals surface area contributed by atoms with Gasteiger partial charge in [0.2, 0.25) is 5.91 Å². The molecule has 0 bridgehead atoms. The number of hydrogen-bond donors (Lipinski definition) is 1. The number of sulfonamides is 1. The number of benzene rings is 1. The predicted molar refractivity (Wildman–Crippen MR) is 97.7 cm³/mol. The van der Waals surface area contributed by atoms with Gasteiger partial charge < -0.3 is 9.88 Å². The third-order valence-electron chi connectivity index (χ3n) is 4.63. The van der Waals surface area contributed by atoms with Gasteiger partial charge in [-0.15, -0.1) is 0 Å². The molecule has 2 aromatic rings. The molecule has 2 heterocycles. The first-order valence-electron chi connectivity index (χ1n) is 8.67. The molecule has 1 N–H and O–H groups in total. The number of aryl methyl sites for hydroxylation is 2. The molecule has 0 saturated carbocycles. The van der Waals surface area contributed by atoms with Crippen LogP contribution < -0.4 is 5.32 Å². The van der Waals surface area contributed by atoms with Crippen molar-refractivity contribution in [2.45, 2.75) is 31.3 Å². The summed E-state index contributed by atoms with van der Waals surface area (Å²) in [6, 6.07) is 7.97. The van der Waals surface area contributed by atoms with E-state index < -0.39 is 10.0 Å². The SMILES string of the molecule is Cc1ccc(CNC(=O)[C@H]2CCCN(S(=O)(=O)c3cn(C)cn3)C2)cc1. The van der Waals surface area contributed by atoms with Gasteiger partial charge >= 0.3 is 0 Å². The van der Waals surface area contributed by atoms with E-state index in [2.05, 4.69) is 10.3 Å². The fourth-order valence-electron chi connectivity index (χ4n) is 3.07. The zero-order chi connectivity index (χ0) is 18.7. The Morgan fingerprint density at radius 2 is 2.04 bits per heavy atom. The molecular formula is C18H24N4O3S. The molecule has 1 aromatic carbocycles. The molecule has 0 aliphatic carbocycles. The maximum atomic E-state index is 12.7. The monoisotopic (exact) mass is 376 g/mol. The van der Waals surface area contributed by atoms with Crippen LogP contribution in [0.2, 0.25) is 0 Å². The van der Waals surface area contributed by atoms with Crippen LogP contribution in [0.4, 0.5) is 0 Å². The summed E-state index contributed by atoms with van der Waals surface area (Å²) in [5, 5.41) is 2.95. The molecule has 140 valence electrons. The largest absolute Gasteiger partial charge is 0.352 e. The highest BCUT2D eigenvalue weighted by molar-refractivity contribution is 7.89. The smallest absolute Gasteiger partial charge is 0.262 e. The van der Waals surface area contributed by atoms with Crippen molar-refractivity contribution in [2.24, 2.45) is 13.0 Å². The lowest BCUT2D eigenvalue weighted by Gasteiger charge is -2.30. The van der Waals surface area contributed by atoms with Gasteiger partial charge in [-0.1, -0.05) is 29.8 Å². The van der Waals surface area contributed by atoms with Crippen molar-refractivity contribution in [3.63, 3.8) is 0 Å². The first-order valence-corrected chi connectivity index (χ1v) is 10.1. The van der Waals surface area contributed by atoms with Crippen LogP contribution in [0.5, 0.6) is 0 Å². The van der Waals surface area contributed by atoms with Gasteiger partial charge in [-0.3, -0.25) is 4.79 Å². The zero-order valence-corrected chi connectivity index (χ0v) is 15.9. The Morgan fingerprint density at radius 3 is 2.69 bits per heavy atom. The van der Waals surface area contributed by atoms with Crippen LogP contribution in [-0.2, 0) is 28.4 Å². The zero-order valence-electron chi connectivity index (χ0n) is 15.1. The summed E-state index contributed by atoms with van der Waals surface area (Å²) in [7, 11) is -1.93. The van der Waals surface area contributed by atoms with Crippen molar-refractivity contribution < 1.29 is 13.2 Å². The highest BCUT2D eigenvalue weighted by Gasteiger charge is 2.34. The summed E-state index contributed by atoms with van der Waals surface area (Å²) in [6.45, 7) is 3.07. The van der Waals surface area contributed by atoms with E-state index in [0.29, 0.717) is 25.9 Å². The molecule has 8 heteroatoms. The number of hydrogen-bond acceptors (Lipinski definition) is 4. The fourth-order valence-corrected chi connectivity index (χ4v) is 4.56. The Balaban J connectivity index is 1.62. The maximum absolute atomic E-state index is 12.7. The molecule has 1 aromatic heterocycles. The van der Waals surface area contributed by atoms with E-state index >= 15 is 0 Å². The minimum Gasteiger partial charge on any atom is -0.352 e. The highest BCUT2D eigenvalue weighted by Crippen LogP contribution is 2.23. The number of carbonyl (C=O) groups excluding carboxylic acids is 1. The van der Waals surface area contributed by atoms with Crippen molar-refractivity contribution in [1.29, 1.82) is 0 Å². The first kappa shape index (κ1) is 18.6. The molecule has 0 spiro atoms. The van der Waals surface area contributed by atoms with E-state index in [4.69, 9.17) is 0 Å². The summed E-state index contributed by atoms with van der Waals surface area (Å²) >= 11 is 0. The molecule has 1 aliphatic rings. The second-order valence-electron chi connectivity index (χ2n) is 6.78. The average molecular weight is 376 g/mol. The van der Waals surface area contributed by atoms with Crippen molar-refractivity contribution in [1.82, 2.24) is 19.2 Å². The van der Waals surface area contributed by atoms with Crippen LogP contribution in [0.3, 0.4) is 0 Å². The second kappa shape index (κ2) is 7.59. The summed E-state index contributed by atoms with van der Waals surface area (Å²) in [5.74, 6) is -0.445. The number of amides is 1. The average Bonchev–Trinajstić information content (AvgIpc) is 3.08. The van der Waals surface area contributed by atoms with Crippen LogP contribution in [0, 0.1) is 12.8 Å². The van der Waals surface area contributed by atoms with E-state index in [1.165, 1.54) is 22.4 Å². The Bertz CT molecular complexity index is 874. The van der Waals surface area contributed by atoms with Crippen molar-refractivity contribution in [3.05, 3.63) is 47.9 Å². The maximum Gasteiger partial charge on any atom is 0.262 e. The van der Waals surface area contributed by atoms with Crippen molar-refractivity contribution >= 4 is 15.9 Å². The number of carbonyl (C=O) groups is 1. The van der Waals surface area contributed by atoms with E-state index in [9.17, 15) is 13.2 Å². The summed E-state index contributed by atoms with van der Waals surface area (Å²) < 4.78 is 28.4. The van der Waals surface area contributed by atoms with Crippen LogP contribution >= 0.6 is 0 Å². The number of aromatic nitrogens is 2. The Kier molecular flexibility index (Phi) is 5.43. The molecule has 0 unspecified atom stereocenters. The van der Waals surface area contributed by atoms with Gasteiger partial charge in [-0.2, -0.15) is 4.31 Å². The lowest BCUT2D eigenvalue weighted by molar-refractivity contribution is -0.126. The highest BCUT2D eigenvalue weighted by atomic mass is 32.2. The van der Waals surface area contributed by atoms with Crippen LogP contribution in [0.25, 0.3) is 0 Å². The van der Waals surface area contributed by atoms with E-state index in [0.717, 1.165) is 5.56 Å².